The van der Waals surface area contributed by atoms with Crippen molar-refractivity contribution in [1.29, 1.82) is 5.26 Å². The Morgan fingerprint density at radius 2 is 1.90 bits per heavy atom. The van der Waals surface area contributed by atoms with Crippen molar-refractivity contribution in [2.75, 3.05) is 7.11 Å². The molecule has 29 heavy (non-hydrogen) atoms. The van der Waals surface area contributed by atoms with Crippen LogP contribution < -0.4 is 0 Å². The Morgan fingerprint density at radius 3 is 2.41 bits per heavy atom. The highest BCUT2D eigenvalue weighted by Gasteiger charge is 2.26. The third kappa shape index (κ3) is 5.48. The van der Waals surface area contributed by atoms with E-state index in [-0.39, 0.29) is 10.6 Å². The van der Waals surface area contributed by atoms with E-state index in [9.17, 15) is 19.2 Å². The van der Waals surface area contributed by atoms with Crippen LogP contribution in [0.25, 0.3) is 11.1 Å². The van der Waals surface area contributed by atoms with Gasteiger partial charge in [0.2, 0.25) is 0 Å². The van der Waals surface area contributed by atoms with Gasteiger partial charge in [0.25, 0.3) is 0 Å². The zero-order chi connectivity index (χ0) is 21.8. The van der Waals surface area contributed by atoms with Crippen molar-refractivity contribution in [3.05, 3.63) is 40.5 Å². The van der Waals surface area contributed by atoms with Gasteiger partial charge in [-0.2, -0.15) is 5.26 Å². The molecule has 152 valence electrons. The standard InChI is InChI=1S/C21H21FN2O4S/c1-12-16(13-6-8-15(22)9-7-13)17(20(26)27-5)18(29-12)24-11-14(10-23)19(25)28-21(2,3)4/h6-9,11,14H,1-5H3. The summed E-state index contributed by atoms with van der Waals surface area (Å²) in [6, 6.07) is 7.55. The lowest BCUT2D eigenvalue weighted by molar-refractivity contribution is -0.155. The number of methoxy groups -OCH3 is 1. The lowest BCUT2D eigenvalue weighted by Gasteiger charge is -2.20. The lowest BCUT2D eigenvalue weighted by atomic mass is 10.0. The highest BCUT2D eigenvalue weighted by Crippen LogP contribution is 2.42. The number of ether oxygens (including phenoxy) is 2. The molecule has 0 aliphatic carbocycles. The van der Waals surface area contributed by atoms with E-state index < -0.39 is 29.3 Å². The zero-order valence-corrected chi connectivity index (χ0v) is 17.6. The quantitative estimate of drug-likeness (QED) is 0.514. The van der Waals surface area contributed by atoms with Gasteiger partial charge in [0.15, 0.2) is 5.92 Å². The van der Waals surface area contributed by atoms with Gasteiger partial charge in [-0.05, 0) is 45.4 Å². The molecule has 0 saturated heterocycles. The number of aliphatic imine (C=N–C) groups is 1. The number of thiophene rings is 1. The zero-order valence-electron chi connectivity index (χ0n) is 16.8. The first kappa shape index (κ1) is 22.2. The maximum absolute atomic E-state index is 13.3. The van der Waals surface area contributed by atoms with Crippen LogP contribution in [0.1, 0.15) is 36.0 Å². The Bertz CT molecular complexity index is 982. The second-order valence-corrected chi connectivity index (χ2v) is 8.33. The third-order valence-electron chi connectivity index (χ3n) is 3.73. The van der Waals surface area contributed by atoms with E-state index in [0.29, 0.717) is 11.1 Å². The molecule has 2 aromatic rings. The predicted molar refractivity (Wildman–Crippen MR) is 109 cm³/mol. The molecular formula is C21H21FN2O4S. The molecule has 1 aromatic carbocycles. The average molecular weight is 416 g/mol. The largest absolute Gasteiger partial charge is 0.465 e. The number of hydrogen-bond donors (Lipinski definition) is 0. The summed E-state index contributed by atoms with van der Waals surface area (Å²) in [4.78, 5) is 29.6. The number of hydrogen-bond acceptors (Lipinski definition) is 7. The van der Waals surface area contributed by atoms with Gasteiger partial charge in [-0.1, -0.05) is 12.1 Å². The molecule has 0 saturated carbocycles. The summed E-state index contributed by atoms with van der Waals surface area (Å²) in [6.45, 7) is 6.89. The van der Waals surface area contributed by atoms with Gasteiger partial charge in [0.1, 0.15) is 22.0 Å². The molecule has 0 bridgehead atoms. The highest BCUT2D eigenvalue weighted by molar-refractivity contribution is 7.16. The fraction of sp³-hybridized carbons (Fsp3) is 0.333. The molecule has 1 unspecified atom stereocenters. The molecule has 0 radical (unpaired) electrons. The molecule has 0 N–H and O–H groups in total. The van der Waals surface area contributed by atoms with Crippen LogP contribution in [0.4, 0.5) is 9.39 Å². The first-order valence-corrected chi connectivity index (χ1v) is 9.53. The number of nitrogens with zero attached hydrogens (tertiary/aromatic N) is 2. The van der Waals surface area contributed by atoms with Crippen LogP contribution in [0.5, 0.6) is 0 Å². The number of nitriles is 1. The fourth-order valence-electron chi connectivity index (χ4n) is 2.53. The smallest absolute Gasteiger partial charge is 0.341 e. The van der Waals surface area contributed by atoms with Gasteiger partial charge in [-0.15, -0.1) is 11.3 Å². The molecule has 0 fully saturated rings. The topological polar surface area (TPSA) is 88.8 Å². The first-order valence-electron chi connectivity index (χ1n) is 8.71. The summed E-state index contributed by atoms with van der Waals surface area (Å²) in [5, 5.41) is 9.58. The molecule has 1 heterocycles. The van der Waals surface area contributed by atoms with E-state index >= 15 is 0 Å². The van der Waals surface area contributed by atoms with Gasteiger partial charge in [0, 0.05) is 16.7 Å². The van der Waals surface area contributed by atoms with Crippen molar-refractivity contribution in [3.63, 3.8) is 0 Å². The van der Waals surface area contributed by atoms with Gasteiger partial charge in [0.05, 0.1) is 13.2 Å². The molecule has 0 aliphatic rings. The molecule has 6 nitrogen and oxygen atoms in total. The Hall–Kier alpha value is -3.05. The minimum atomic E-state index is -1.23. The van der Waals surface area contributed by atoms with Crippen molar-refractivity contribution >= 4 is 34.5 Å². The summed E-state index contributed by atoms with van der Waals surface area (Å²) >= 11 is 1.21. The minimum absolute atomic E-state index is 0.193. The van der Waals surface area contributed by atoms with Crippen molar-refractivity contribution in [2.45, 2.75) is 33.3 Å². The van der Waals surface area contributed by atoms with Crippen molar-refractivity contribution in [2.24, 2.45) is 10.9 Å². The molecule has 2 rings (SSSR count). The van der Waals surface area contributed by atoms with Gasteiger partial charge in [-0.25, -0.2) is 14.2 Å². The highest BCUT2D eigenvalue weighted by atomic mass is 32.1. The van der Waals surface area contributed by atoms with E-state index in [0.717, 1.165) is 11.1 Å². The Kier molecular flexibility index (Phi) is 6.88. The minimum Gasteiger partial charge on any atom is -0.465 e. The average Bonchev–Trinajstić information content (AvgIpc) is 2.97. The Labute approximate surface area is 172 Å². The van der Waals surface area contributed by atoms with Gasteiger partial charge >= 0.3 is 11.9 Å². The molecule has 0 amide bonds. The lowest BCUT2D eigenvalue weighted by Crippen LogP contribution is -2.28. The first-order chi connectivity index (χ1) is 13.6. The van der Waals surface area contributed by atoms with Crippen LogP contribution in [0, 0.1) is 30.0 Å². The molecule has 0 spiro atoms. The Balaban J connectivity index is 2.47. The number of esters is 2. The number of benzene rings is 1. The number of aryl methyl sites for hydroxylation is 1. The van der Waals surface area contributed by atoms with Gasteiger partial charge < -0.3 is 9.47 Å². The molecule has 0 aliphatic heterocycles. The van der Waals surface area contributed by atoms with Crippen molar-refractivity contribution in [1.82, 2.24) is 0 Å². The maximum Gasteiger partial charge on any atom is 0.341 e. The monoisotopic (exact) mass is 416 g/mol. The Morgan fingerprint density at radius 1 is 1.28 bits per heavy atom. The summed E-state index contributed by atoms with van der Waals surface area (Å²) in [5.41, 5.74) is 0.649. The normalized spacial score (nSPS) is 12.4. The van der Waals surface area contributed by atoms with Crippen molar-refractivity contribution < 1.29 is 23.5 Å². The SMILES string of the molecule is COC(=O)c1c(N=CC(C#N)C(=O)OC(C)(C)C)sc(C)c1-c1ccc(F)cc1. The maximum atomic E-state index is 13.3. The molecule has 1 atom stereocenters. The summed E-state index contributed by atoms with van der Waals surface area (Å²) in [5.74, 6) is -2.97. The van der Waals surface area contributed by atoms with E-state index in [4.69, 9.17) is 9.47 Å². The second kappa shape index (κ2) is 8.97. The van der Waals surface area contributed by atoms with Crippen LogP contribution in [0.2, 0.25) is 0 Å². The van der Waals surface area contributed by atoms with E-state index in [1.54, 1.807) is 39.8 Å². The van der Waals surface area contributed by atoms with E-state index in [1.807, 2.05) is 6.07 Å². The van der Waals surface area contributed by atoms with Crippen LogP contribution in [-0.2, 0) is 14.3 Å². The van der Waals surface area contributed by atoms with Crippen LogP contribution in [0.15, 0.2) is 29.3 Å². The van der Waals surface area contributed by atoms with Crippen LogP contribution >= 0.6 is 11.3 Å². The van der Waals surface area contributed by atoms with Crippen LogP contribution in [0.3, 0.4) is 0 Å². The summed E-state index contributed by atoms with van der Waals surface area (Å²) in [6.07, 6.45) is 1.15. The molecule has 8 heteroatoms. The van der Waals surface area contributed by atoms with E-state index in [2.05, 4.69) is 4.99 Å². The molecular weight excluding hydrogens is 395 g/mol. The second-order valence-electron chi connectivity index (χ2n) is 7.13. The number of rotatable bonds is 5. The summed E-state index contributed by atoms with van der Waals surface area (Å²) < 4.78 is 23.4. The molecule has 1 aromatic heterocycles. The number of halogens is 1. The number of carbonyl (C=O) groups excluding carboxylic acids is 2. The predicted octanol–water partition coefficient (Wildman–Crippen LogP) is 4.83. The van der Waals surface area contributed by atoms with Crippen molar-refractivity contribution in [3.8, 4) is 17.2 Å². The number of carbonyl (C=O) groups is 2. The van der Waals surface area contributed by atoms with E-state index in [1.165, 1.54) is 30.6 Å². The summed E-state index contributed by atoms with van der Waals surface area (Å²) in [7, 11) is 1.25. The fourth-order valence-corrected chi connectivity index (χ4v) is 3.54. The van der Waals surface area contributed by atoms with Crippen LogP contribution in [-0.4, -0.2) is 30.9 Å². The van der Waals surface area contributed by atoms with Gasteiger partial charge in [-0.3, -0.25) is 4.79 Å². The third-order valence-corrected chi connectivity index (χ3v) is 4.74.